The Bertz CT molecular complexity index is 3410. The summed E-state index contributed by atoms with van der Waals surface area (Å²) in [5.74, 6) is 0. The first kappa shape index (κ1) is 33.0. The minimum atomic E-state index is -0.0922. The lowest BCUT2D eigenvalue weighted by Crippen LogP contribution is -2.15. The molecule has 0 atom stereocenters. The molecule has 0 saturated heterocycles. The van der Waals surface area contributed by atoms with Crippen LogP contribution in [0.4, 0.5) is 0 Å². The molecule has 1 aliphatic rings. The maximum absolute atomic E-state index is 6.12. The highest BCUT2D eigenvalue weighted by Crippen LogP contribution is 2.51. The van der Waals surface area contributed by atoms with E-state index in [4.69, 9.17) is 4.42 Å². The van der Waals surface area contributed by atoms with Crippen LogP contribution in [-0.2, 0) is 5.41 Å². The topological polar surface area (TPSA) is 13.1 Å². The zero-order chi connectivity index (χ0) is 38.5. The zero-order valence-electron chi connectivity index (χ0n) is 32.4. The maximum Gasteiger partial charge on any atom is 0.135 e. The highest BCUT2D eigenvalue weighted by Gasteiger charge is 2.36. The summed E-state index contributed by atoms with van der Waals surface area (Å²) in [5, 5.41) is 9.91. The minimum absolute atomic E-state index is 0.0922. The van der Waals surface area contributed by atoms with Crippen molar-refractivity contribution in [3.05, 3.63) is 205 Å². The van der Waals surface area contributed by atoms with Gasteiger partial charge in [-0.1, -0.05) is 166 Å². The number of hydrogen-bond donors (Lipinski definition) is 0. The van der Waals surface area contributed by atoms with Gasteiger partial charge in [0.15, 0.2) is 0 Å². The zero-order valence-corrected chi connectivity index (χ0v) is 32.4. The summed E-state index contributed by atoms with van der Waals surface area (Å²) in [4.78, 5) is 0. The van der Waals surface area contributed by atoms with Crippen molar-refractivity contribution in [2.24, 2.45) is 0 Å². The van der Waals surface area contributed by atoms with Gasteiger partial charge in [0.1, 0.15) is 11.2 Å². The van der Waals surface area contributed by atoms with Crippen molar-refractivity contribution in [2.45, 2.75) is 19.3 Å². The molecule has 0 fully saturated rings. The van der Waals surface area contributed by atoms with E-state index in [2.05, 4.69) is 196 Å². The van der Waals surface area contributed by atoms with Crippen LogP contribution >= 0.6 is 0 Å². The van der Waals surface area contributed by atoms with E-state index in [1.807, 2.05) is 12.1 Å². The average molecular weight is 739 g/mol. The molecule has 0 saturated carbocycles. The van der Waals surface area contributed by atoms with Crippen molar-refractivity contribution in [1.29, 1.82) is 0 Å². The summed E-state index contributed by atoms with van der Waals surface area (Å²) < 4.78 is 6.12. The third kappa shape index (κ3) is 4.90. The molecule has 1 aliphatic carbocycles. The summed E-state index contributed by atoms with van der Waals surface area (Å²) in [6, 6.07) is 71.6. The average Bonchev–Trinajstić information content (AvgIpc) is 3.75. The highest BCUT2D eigenvalue weighted by atomic mass is 16.3. The Hall–Kier alpha value is -7.22. The third-order valence-corrected chi connectivity index (χ3v) is 12.8. The van der Waals surface area contributed by atoms with Crippen LogP contribution < -0.4 is 0 Å². The van der Waals surface area contributed by atoms with E-state index in [9.17, 15) is 0 Å². The van der Waals surface area contributed by atoms with Gasteiger partial charge in [0.25, 0.3) is 0 Å². The highest BCUT2D eigenvalue weighted by molar-refractivity contribution is 6.21. The van der Waals surface area contributed by atoms with Crippen LogP contribution in [0, 0.1) is 0 Å². The molecule has 10 aromatic carbocycles. The molecule has 58 heavy (non-hydrogen) atoms. The smallest absolute Gasteiger partial charge is 0.135 e. The molecule has 0 spiro atoms. The predicted octanol–water partition coefficient (Wildman–Crippen LogP) is 16.0. The van der Waals surface area contributed by atoms with Crippen molar-refractivity contribution in [3.63, 3.8) is 0 Å². The van der Waals surface area contributed by atoms with Crippen molar-refractivity contribution in [1.82, 2.24) is 0 Å². The fourth-order valence-corrected chi connectivity index (χ4v) is 9.94. The van der Waals surface area contributed by atoms with Gasteiger partial charge in [-0.05, 0) is 142 Å². The molecule has 0 aliphatic heterocycles. The van der Waals surface area contributed by atoms with Gasteiger partial charge in [-0.2, -0.15) is 0 Å². The van der Waals surface area contributed by atoms with Gasteiger partial charge in [0.2, 0.25) is 0 Å². The molecule has 1 nitrogen and oxygen atoms in total. The van der Waals surface area contributed by atoms with Gasteiger partial charge in [0.05, 0.1) is 0 Å². The summed E-state index contributed by atoms with van der Waals surface area (Å²) in [6.45, 7) is 4.75. The van der Waals surface area contributed by atoms with E-state index in [1.54, 1.807) is 0 Å². The van der Waals surface area contributed by atoms with Crippen LogP contribution in [0.3, 0.4) is 0 Å². The van der Waals surface area contributed by atoms with E-state index in [0.29, 0.717) is 0 Å². The van der Waals surface area contributed by atoms with Crippen molar-refractivity contribution < 1.29 is 4.42 Å². The molecule has 1 aromatic heterocycles. The van der Waals surface area contributed by atoms with Crippen molar-refractivity contribution >= 4 is 54.3 Å². The van der Waals surface area contributed by atoms with Gasteiger partial charge in [-0.15, -0.1) is 0 Å². The van der Waals surface area contributed by atoms with E-state index < -0.39 is 0 Å². The van der Waals surface area contributed by atoms with Gasteiger partial charge in [0, 0.05) is 16.2 Å². The van der Waals surface area contributed by atoms with Crippen molar-refractivity contribution in [3.8, 4) is 55.6 Å². The largest absolute Gasteiger partial charge is 0.456 e. The van der Waals surface area contributed by atoms with E-state index in [1.165, 1.54) is 99.1 Å². The van der Waals surface area contributed by atoms with Crippen LogP contribution in [0.2, 0.25) is 0 Å². The van der Waals surface area contributed by atoms with Crippen molar-refractivity contribution in [2.75, 3.05) is 0 Å². The van der Waals surface area contributed by atoms with Gasteiger partial charge in [-0.25, -0.2) is 0 Å². The normalized spacial score (nSPS) is 13.1. The molecule has 12 rings (SSSR count). The third-order valence-electron chi connectivity index (χ3n) is 12.8. The van der Waals surface area contributed by atoms with Crippen LogP contribution in [0.5, 0.6) is 0 Å². The lowest BCUT2D eigenvalue weighted by atomic mass is 9.81. The lowest BCUT2D eigenvalue weighted by molar-refractivity contribution is 0.661. The number of furan rings is 1. The Kier molecular flexibility index (Phi) is 7.04. The van der Waals surface area contributed by atoms with Gasteiger partial charge < -0.3 is 4.42 Å². The molecule has 0 unspecified atom stereocenters. The Morgan fingerprint density at radius 3 is 1.53 bits per heavy atom. The van der Waals surface area contributed by atoms with E-state index in [-0.39, 0.29) is 5.41 Å². The molecule has 0 amide bonds. The first-order valence-electron chi connectivity index (χ1n) is 20.2. The quantitative estimate of drug-likeness (QED) is 0.164. The first-order valence-corrected chi connectivity index (χ1v) is 20.2. The fraction of sp³-hybridized carbons (Fsp3) is 0.0526. The second kappa shape index (κ2) is 12.4. The Balaban J connectivity index is 0.963. The molecular formula is C57H38O. The predicted molar refractivity (Wildman–Crippen MR) is 246 cm³/mol. The second-order valence-corrected chi connectivity index (χ2v) is 16.4. The molecule has 0 bridgehead atoms. The van der Waals surface area contributed by atoms with Gasteiger partial charge >= 0.3 is 0 Å². The Labute approximate surface area is 337 Å². The summed E-state index contributed by atoms with van der Waals surface area (Å²) in [7, 11) is 0. The number of fused-ring (bicyclic) bond motifs is 9. The molecule has 0 N–H and O–H groups in total. The standard InChI is InChI=1S/C57H38O/c1-57(2)51-34-41(26-28-43(51)49-31-38-12-3-4-13-39(38)33-52(49)57)37-14-11-15-42(30-37)56-47-19-7-5-17-45(47)55(46-18-6-8-20-48(46)56)36-24-22-35(23-25-36)40-27-29-54-50(32-40)44-16-9-10-21-53(44)58-54/h3-34H,1-2H3. The number of benzene rings is 10. The molecule has 1 heteroatoms. The maximum atomic E-state index is 6.12. The monoisotopic (exact) mass is 738 g/mol. The van der Waals surface area contributed by atoms with E-state index >= 15 is 0 Å². The molecular weight excluding hydrogens is 701 g/mol. The lowest BCUT2D eigenvalue weighted by Gasteiger charge is -2.22. The minimum Gasteiger partial charge on any atom is -0.456 e. The van der Waals surface area contributed by atoms with Crippen LogP contribution in [0.1, 0.15) is 25.0 Å². The number of rotatable bonds is 4. The summed E-state index contributed by atoms with van der Waals surface area (Å²) in [6.07, 6.45) is 0. The Morgan fingerprint density at radius 2 is 0.810 bits per heavy atom. The molecule has 1 heterocycles. The SMILES string of the molecule is CC1(C)c2cc(-c3cccc(-c4c5ccccc5c(-c5ccc(-c6ccc7oc8ccccc8c7c6)cc5)c5ccccc45)c3)ccc2-c2cc3ccccc3cc21. The number of hydrogen-bond acceptors (Lipinski definition) is 1. The van der Waals surface area contributed by atoms with Crippen LogP contribution in [0.15, 0.2) is 199 Å². The summed E-state index contributed by atoms with van der Waals surface area (Å²) in [5.41, 5.74) is 17.1. The number of para-hydroxylation sites is 1. The van der Waals surface area contributed by atoms with Crippen LogP contribution in [0.25, 0.3) is 110 Å². The fourth-order valence-electron chi connectivity index (χ4n) is 9.94. The Morgan fingerprint density at radius 1 is 0.310 bits per heavy atom. The van der Waals surface area contributed by atoms with E-state index in [0.717, 1.165) is 21.9 Å². The first-order chi connectivity index (χ1) is 28.5. The molecule has 0 radical (unpaired) electrons. The second-order valence-electron chi connectivity index (χ2n) is 16.4. The van der Waals surface area contributed by atoms with Crippen LogP contribution in [-0.4, -0.2) is 0 Å². The molecule has 11 aromatic rings. The summed E-state index contributed by atoms with van der Waals surface area (Å²) >= 11 is 0. The molecule has 272 valence electrons. The van der Waals surface area contributed by atoms with Gasteiger partial charge in [-0.3, -0.25) is 0 Å².